The molecule has 0 unspecified atom stereocenters. The van der Waals surface area contributed by atoms with Gasteiger partial charge < -0.3 is 19.9 Å². The molecule has 9 nitrogen and oxygen atoms in total. The van der Waals surface area contributed by atoms with Gasteiger partial charge in [0, 0.05) is 74.1 Å². The van der Waals surface area contributed by atoms with E-state index in [1.54, 1.807) is 21.0 Å². The zero-order valence-corrected chi connectivity index (χ0v) is 24.7. The van der Waals surface area contributed by atoms with E-state index >= 15 is 0 Å². The minimum atomic E-state index is -0.237. The molecule has 0 radical (unpaired) electrons. The van der Waals surface area contributed by atoms with E-state index in [2.05, 4.69) is 52.1 Å². The van der Waals surface area contributed by atoms with E-state index in [4.69, 9.17) is 4.74 Å². The number of amides is 1. The fraction of sp³-hybridized carbons (Fsp3) is 0.438. The molecule has 1 atom stereocenters. The molecule has 0 bridgehead atoms. The molecule has 0 aliphatic carbocycles. The summed E-state index contributed by atoms with van der Waals surface area (Å²) in [6, 6.07) is 14.6. The first kappa shape index (κ1) is 29.8. The van der Waals surface area contributed by atoms with Gasteiger partial charge in [0.25, 0.3) is 5.91 Å². The quantitative estimate of drug-likeness (QED) is 0.286. The highest BCUT2D eigenvalue weighted by atomic mass is 16.5. The molecule has 2 N–H and O–H groups in total. The van der Waals surface area contributed by atoms with Crippen molar-refractivity contribution in [3.63, 3.8) is 0 Å². The number of nitrogens with one attached hydrogen (secondary N) is 1. The maximum Gasteiger partial charge on any atom is 0.333 e. The molecule has 4 rings (SSSR count). The molecule has 0 saturated carbocycles. The van der Waals surface area contributed by atoms with Gasteiger partial charge in [-0.1, -0.05) is 0 Å². The Kier molecular flexibility index (Phi) is 9.79. The van der Waals surface area contributed by atoms with Gasteiger partial charge in [0.2, 0.25) is 5.69 Å². The number of hydrogen-bond acceptors (Lipinski definition) is 7. The van der Waals surface area contributed by atoms with E-state index in [0.717, 1.165) is 49.4 Å². The Balaban J connectivity index is 1.35. The van der Waals surface area contributed by atoms with Gasteiger partial charge >= 0.3 is 5.69 Å². The number of rotatable bonds is 10. The Morgan fingerprint density at radius 3 is 2.56 bits per heavy atom. The average Bonchev–Trinajstić information content (AvgIpc) is 2.98. The maximum atomic E-state index is 12.9. The van der Waals surface area contributed by atoms with Crippen molar-refractivity contribution in [3.8, 4) is 11.8 Å². The zero-order valence-electron chi connectivity index (χ0n) is 24.7. The molecule has 1 aromatic carbocycles. The van der Waals surface area contributed by atoms with Crippen molar-refractivity contribution in [1.82, 2.24) is 15.2 Å². The van der Waals surface area contributed by atoms with Gasteiger partial charge in [-0.05, 0) is 87.1 Å². The van der Waals surface area contributed by atoms with Crippen molar-refractivity contribution >= 4 is 11.6 Å². The largest absolute Gasteiger partial charge is 0.497 e. The predicted octanol–water partition coefficient (Wildman–Crippen LogP) is 4.09. The van der Waals surface area contributed by atoms with E-state index in [9.17, 15) is 15.3 Å². The summed E-state index contributed by atoms with van der Waals surface area (Å²) in [7, 11) is 1.69. The Bertz CT molecular complexity index is 1390. The lowest BCUT2D eigenvalue weighted by Crippen LogP contribution is -2.48. The van der Waals surface area contributed by atoms with Crippen LogP contribution in [0.2, 0.25) is 0 Å². The van der Waals surface area contributed by atoms with Crippen molar-refractivity contribution in [3.05, 3.63) is 82.4 Å². The van der Waals surface area contributed by atoms with Crippen molar-refractivity contribution in [2.45, 2.75) is 65.6 Å². The molecule has 1 saturated heterocycles. The number of ether oxygens (including phenoxy) is 1. The van der Waals surface area contributed by atoms with Gasteiger partial charge in [-0.15, -0.1) is 0 Å². The molecule has 0 spiro atoms. The van der Waals surface area contributed by atoms with Crippen LogP contribution in [0.25, 0.3) is 0 Å². The Hall–Kier alpha value is -4.16. The molecule has 1 fully saturated rings. The molecule has 41 heavy (non-hydrogen) atoms. The zero-order chi connectivity index (χ0) is 29.5. The third-order valence-electron chi connectivity index (χ3n) is 8.30. The van der Waals surface area contributed by atoms with Gasteiger partial charge in [0.1, 0.15) is 11.3 Å². The van der Waals surface area contributed by atoms with Crippen LogP contribution in [0.5, 0.6) is 5.75 Å². The highest BCUT2D eigenvalue weighted by Gasteiger charge is 2.29. The van der Waals surface area contributed by atoms with Crippen LogP contribution in [0.15, 0.2) is 48.8 Å². The number of benzene rings is 1. The monoisotopic (exact) mass is 557 g/mol. The normalized spacial score (nSPS) is 14.7. The van der Waals surface area contributed by atoms with E-state index in [1.165, 1.54) is 22.9 Å². The first-order valence-electron chi connectivity index (χ1n) is 14.2. The summed E-state index contributed by atoms with van der Waals surface area (Å²) in [4.78, 5) is 22.3. The van der Waals surface area contributed by atoms with E-state index < -0.39 is 0 Å². The summed E-state index contributed by atoms with van der Waals surface area (Å²) in [6.07, 6.45) is 6.72. The van der Waals surface area contributed by atoms with E-state index in [-0.39, 0.29) is 11.6 Å². The molecule has 3 heterocycles. The van der Waals surface area contributed by atoms with Crippen molar-refractivity contribution in [1.29, 1.82) is 5.26 Å². The van der Waals surface area contributed by atoms with Crippen LogP contribution in [0.4, 0.5) is 5.69 Å². The van der Waals surface area contributed by atoms with Gasteiger partial charge in [0.05, 0.1) is 7.11 Å². The number of likely N-dealkylation sites (tertiary alicyclic amines) is 1. The lowest BCUT2D eigenvalue weighted by molar-refractivity contribution is -0.910. The molecular formula is C32H41N6O3+. The number of piperidine rings is 1. The van der Waals surface area contributed by atoms with Crippen molar-refractivity contribution in [2.75, 3.05) is 31.6 Å². The summed E-state index contributed by atoms with van der Waals surface area (Å²) in [5.74, 6) is 0.612. The van der Waals surface area contributed by atoms with Crippen LogP contribution >= 0.6 is 0 Å². The highest BCUT2D eigenvalue weighted by Crippen LogP contribution is 2.29. The summed E-state index contributed by atoms with van der Waals surface area (Å²) in [5.41, 5.74) is 5.19. The second-order valence-electron chi connectivity index (χ2n) is 10.9. The molecule has 216 valence electrons. The molecular weight excluding hydrogens is 516 g/mol. The summed E-state index contributed by atoms with van der Waals surface area (Å²) < 4.78 is 6.16. The lowest BCUT2D eigenvalue weighted by atomic mass is 9.99. The number of carbonyl (C=O) groups excluding carboxylic acids is 1. The van der Waals surface area contributed by atoms with Crippen LogP contribution < -0.4 is 19.7 Å². The number of methoxy groups -OCH3 is 1. The number of pyridine rings is 2. The van der Waals surface area contributed by atoms with Gasteiger partial charge in [-0.3, -0.25) is 15.0 Å². The summed E-state index contributed by atoms with van der Waals surface area (Å²) in [5, 5.41) is 22.4. The van der Waals surface area contributed by atoms with Crippen molar-refractivity contribution < 1.29 is 19.5 Å². The maximum absolute atomic E-state index is 12.9. The second-order valence-corrected chi connectivity index (χ2v) is 10.9. The van der Waals surface area contributed by atoms with Crippen LogP contribution in [0.3, 0.4) is 0 Å². The molecule has 9 heteroatoms. The SMILES string of the molecule is COc1ccc(N(Cc2cnccc2C)C2CCN([C@H](C)CCNC(=O)c3c(C)cc(C#N)[n+](O)c3C)CC2)cc1. The van der Waals surface area contributed by atoms with Crippen LogP contribution in [0.1, 0.15) is 64.6 Å². The number of anilines is 1. The second kappa shape index (κ2) is 13.5. The van der Waals surface area contributed by atoms with Gasteiger partial charge in [-0.25, -0.2) is 0 Å². The van der Waals surface area contributed by atoms with Gasteiger partial charge in [0.15, 0.2) is 6.07 Å². The smallest absolute Gasteiger partial charge is 0.333 e. The van der Waals surface area contributed by atoms with E-state index in [1.807, 2.05) is 30.6 Å². The standard InChI is InChI=1S/C32H40N6O3/c1-22-10-14-34-20-26(22)21-37(27-6-8-30(41-5)9-7-27)28-12-16-36(17-13-28)24(3)11-15-35-32(39)31-23(2)18-29(19-33)38(40)25(31)4/h6-10,14,18,20,24,28H,11-13,15-17,21H2,1-5H3,(H-,35,39,40)/p+1/t24-/m1/s1. The molecule has 1 amide bonds. The molecule has 3 aromatic rings. The lowest BCUT2D eigenvalue weighted by Gasteiger charge is -2.42. The minimum absolute atomic E-state index is 0.106. The molecule has 2 aromatic heterocycles. The van der Waals surface area contributed by atoms with Crippen LogP contribution in [-0.2, 0) is 6.54 Å². The third-order valence-corrected chi connectivity index (χ3v) is 8.30. The molecule has 1 aliphatic heterocycles. The topological polar surface area (TPSA) is 106 Å². The summed E-state index contributed by atoms with van der Waals surface area (Å²) in [6.45, 7) is 11.1. The Morgan fingerprint density at radius 2 is 1.93 bits per heavy atom. The average molecular weight is 558 g/mol. The van der Waals surface area contributed by atoms with Crippen molar-refractivity contribution in [2.24, 2.45) is 0 Å². The number of carbonyl (C=O) groups is 1. The molecule has 1 aliphatic rings. The summed E-state index contributed by atoms with van der Waals surface area (Å²) >= 11 is 0. The van der Waals surface area contributed by atoms with Gasteiger partial charge in [-0.2, -0.15) is 5.26 Å². The number of aryl methyl sites for hydroxylation is 2. The fourth-order valence-electron chi connectivity index (χ4n) is 5.69. The van der Waals surface area contributed by atoms with Crippen LogP contribution in [-0.4, -0.2) is 59.8 Å². The highest BCUT2D eigenvalue weighted by molar-refractivity contribution is 5.96. The fourth-order valence-corrected chi connectivity index (χ4v) is 5.69. The Morgan fingerprint density at radius 1 is 1.22 bits per heavy atom. The number of hydrogen-bond donors (Lipinski definition) is 2. The van der Waals surface area contributed by atoms with E-state index in [0.29, 0.717) is 35.4 Å². The minimum Gasteiger partial charge on any atom is -0.497 e. The predicted molar refractivity (Wildman–Crippen MR) is 157 cm³/mol. The first-order valence-corrected chi connectivity index (χ1v) is 14.2. The third kappa shape index (κ3) is 6.95. The number of nitrogens with zero attached hydrogens (tertiary/aromatic N) is 5. The first-order chi connectivity index (χ1) is 19.7. The number of aromatic nitrogens is 2. The number of nitriles is 1. The van der Waals surface area contributed by atoms with Crippen LogP contribution in [0, 0.1) is 32.1 Å². The Labute approximate surface area is 243 Å².